The smallest absolute Gasteiger partial charge is 0.249 e. The van der Waals surface area contributed by atoms with Crippen molar-refractivity contribution in [3.63, 3.8) is 0 Å². The Morgan fingerprint density at radius 3 is 2.00 bits per heavy atom. The highest BCUT2D eigenvalue weighted by Crippen LogP contribution is 2.46. The van der Waals surface area contributed by atoms with Gasteiger partial charge >= 0.3 is 0 Å². The highest BCUT2D eigenvalue weighted by Gasteiger charge is 2.43. The molecule has 2 heterocycles. The minimum absolute atomic E-state index is 0.00267. The van der Waals surface area contributed by atoms with Crippen LogP contribution in [0.3, 0.4) is 0 Å². The van der Waals surface area contributed by atoms with Gasteiger partial charge in [-0.1, -0.05) is 20.8 Å². The second-order valence-electron chi connectivity index (χ2n) is 10.5. The fourth-order valence-corrected chi connectivity index (χ4v) is 5.57. The lowest BCUT2D eigenvalue weighted by Gasteiger charge is -2.47. The molecule has 2 aliphatic heterocycles. The van der Waals surface area contributed by atoms with E-state index in [1.165, 1.54) is 0 Å². The summed E-state index contributed by atoms with van der Waals surface area (Å²) < 4.78 is 11.4. The van der Waals surface area contributed by atoms with Gasteiger partial charge in [0.15, 0.2) is 0 Å². The zero-order chi connectivity index (χ0) is 20.5. The Bertz CT molecular complexity index is 593. The number of ether oxygens (including phenoxy) is 2. The Morgan fingerprint density at radius 1 is 0.893 bits per heavy atom. The third-order valence-electron chi connectivity index (χ3n) is 6.53. The normalized spacial score (nSPS) is 40.2. The minimum Gasteiger partial charge on any atom is -0.365 e. The molecular weight excluding hydrogens is 356 g/mol. The van der Waals surface area contributed by atoms with Crippen molar-refractivity contribution in [2.24, 2.45) is 10.8 Å². The van der Waals surface area contributed by atoms with Gasteiger partial charge in [0.2, 0.25) is 11.8 Å². The number of nitrogens with one attached hydrogen (secondary N) is 2. The minimum atomic E-state index is -0.313. The van der Waals surface area contributed by atoms with Gasteiger partial charge in [-0.25, -0.2) is 0 Å². The molecule has 2 unspecified atom stereocenters. The molecule has 160 valence electrons. The Morgan fingerprint density at radius 2 is 1.46 bits per heavy atom. The lowest BCUT2D eigenvalue weighted by molar-refractivity contribution is -0.134. The quantitative estimate of drug-likeness (QED) is 0.752. The first-order valence-electron chi connectivity index (χ1n) is 10.9. The summed E-state index contributed by atoms with van der Waals surface area (Å²) >= 11 is 0. The van der Waals surface area contributed by atoms with Crippen molar-refractivity contribution in [2.45, 2.75) is 110 Å². The topological polar surface area (TPSA) is 76.7 Å². The van der Waals surface area contributed by atoms with Crippen LogP contribution in [0.4, 0.5) is 0 Å². The van der Waals surface area contributed by atoms with Crippen molar-refractivity contribution in [1.29, 1.82) is 0 Å². The molecule has 3 rings (SSSR count). The van der Waals surface area contributed by atoms with Crippen LogP contribution in [0.1, 0.15) is 79.6 Å². The molecule has 1 aliphatic carbocycles. The lowest BCUT2D eigenvalue weighted by atomic mass is 9.62. The van der Waals surface area contributed by atoms with Crippen LogP contribution >= 0.6 is 0 Å². The van der Waals surface area contributed by atoms with Crippen molar-refractivity contribution in [3.05, 3.63) is 0 Å². The summed E-state index contributed by atoms with van der Waals surface area (Å²) in [5.41, 5.74) is 0.0568. The average Bonchev–Trinajstić information content (AvgIpc) is 3.19. The van der Waals surface area contributed by atoms with Crippen LogP contribution in [0, 0.1) is 10.8 Å². The molecule has 0 spiro atoms. The van der Waals surface area contributed by atoms with E-state index in [0.29, 0.717) is 6.54 Å². The van der Waals surface area contributed by atoms with Gasteiger partial charge in [-0.3, -0.25) is 9.59 Å². The Labute approximate surface area is 169 Å². The van der Waals surface area contributed by atoms with E-state index in [0.717, 1.165) is 44.9 Å². The standard InChI is InChI=1S/C22H38N2O4/c1-14-6-8-17(27-14)19(25)23-13-22(5)11-16(10-21(3,4)12-22)24-20(26)18-9-7-15(2)28-18/h14-18H,6-13H2,1-5H3,(H,23,25)(H,24,26)/t14-,15+,16?,17-,18+,22?/m1/s1. The van der Waals surface area contributed by atoms with Gasteiger partial charge in [-0.15, -0.1) is 0 Å². The zero-order valence-corrected chi connectivity index (χ0v) is 18.2. The molecule has 0 radical (unpaired) electrons. The number of rotatable bonds is 5. The summed E-state index contributed by atoms with van der Waals surface area (Å²) in [7, 11) is 0. The fourth-order valence-electron chi connectivity index (χ4n) is 5.57. The molecule has 2 amide bonds. The van der Waals surface area contributed by atoms with Crippen LogP contribution in [0.25, 0.3) is 0 Å². The first-order valence-corrected chi connectivity index (χ1v) is 10.9. The molecule has 28 heavy (non-hydrogen) atoms. The van der Waals surface area contributed by atoms with Crippen molar-refractivity contribution in [1.82, 2.24) is 10.6 Å². The SMILES string of the molecule is C[C@@H]1CC[C@H](C(=O)NCC2(C)CC(NC(=O)[C@@H]3CC[C@H](C)O3)CC(C)(C)C2)O1. The van der Waals surface area contributed by atoms with Crippen LogP contribution in [0.5, 0.6) is 0 Å². The Kier molecular flexibility index (Phi) is 6.40. The Hall–Kier alpha value is -1.14. The number of carbonyl (C=O) groups is 2. The average molecular weight is 395 g/mol. The van der Waals surface area contributed by atoms with Crippen molar-refractivity contribution >= 4 is 11.8 Å². The second kappa shape index (κ2) is 8.31. The van der Waals surface area contributed by atoms with Gasteiger partial charge in [0, 0.05) is 12.6 Å². The predicted octanol–water partition coefficient (Wildman–Crippen LogP) is 2.94. The first kappa shape index (κ1) is 21.6. The molecule has 0 aromatic carbocycles. The highest BCUT2D eigenvalue weighted by molar-refractivity contribution is 5.81. The third kappa shape index (κ3) is 5.47. The van der Waals surface area contributed by atoms with E-state index < -0.39 is 0 Å². The van der Waals surface area contributed by atoms with Crippen LogP contribution < -0.4 is 10.6 Å². The van der Waals surface area contributed by atoms with Crippen molar-refractivity contribution < 1.29 is 19.1 Å². The maximum absolute atomic E-state index is 12.6. The van der Waals surface area contributed by atoms with E-state index in [1.807, 2.05) is 13.8 Å². The molecular formula is C22H38N2O4. The van der Waals surface area contributed by atoms with Crippen LogP contribution in [-0.2, 0) is 19.1 Å². The molecule has 2 saturated heterocycles. The number of hydrogen-bond acceptors (Lipinski definition) is 4. The summed E-state index contributed by atoms with van der Waals surface area (Å²) in [4.78, 5) is 25.1. The predicted molar refractivity (Wildman–Crippen MR) is 108 cm³/mol. The van der Waals surface area contributed by atoms with E-state index >= 15 is 0 Å². The van der Waals surface area contributed by atoms with Gasteiger partial charge < -0.3 is 20.1 Å². The molecule has 3 aliphatic rings. The van der Waals surface area contributed by atoms with E-state index in [2.05, 4.69) is 31.4 Å². The maximum atomic E-state index is 12.6. The van der Waals surface area contributed by atoms with Gasteiger partial charge in [0.1, 0.15) is 12.2 Å². The van der Waals surface area contributed by atoms with Crippen LogP contribution in [-0.4, -0.2) is 48.8 Å². The number of hydrogen-bond donors (Lipinski definition) is 2. The summed E-state index contributed by atoms with van der Waals surface area (Å²) in [6, 6.07) is 0.111. The molecule has 1 saturated carbocycles. The van der Waals surface area contributed by atoms with Gasteiger partial charge in [0.25, 0.3) is 0 Å². The Balaban J connectivity index is 1.56. The molecule has 3 fully saturated rings. The van der Waals surface area contributed by atoms with E-state index in [9.17, 15) is 9.59 Å². The van der Waals surface area contributed by atoms with E-state index in [1.54, 1.807) is 0 Å². The molecule has 0 aromatic heterocycles. The maximum Gasteiger partial charge on any atom is 0.249 e. The second-order valence-corrected chi connectivity index (χ2v) is 10.5. The molecule has 2 N–H and O–H groups in total. The fraction of sp³-hybridized carbons (Fsp3) is 0.909. The van der Waals surface area contributed by atoms with Crippen molar-refractivity contribution in [2.75, 3.05) is 6.54 Å². The lowest BCUT2D eigenvalue weighted by Crippen LogP contribution is -2.52. The molecule has 0 aromatic rings. The number of carbonyl (C=O) groups excluding carboxylic acids is 2. The zero-order valence-electron chi connectivity index (χ0n) is 18.2. The van der Waals surface area contributed by atoms with Gasteiger partial charge in [-0.2, -0.15) is 0 Å². The molecule has 6 atom stereocenters. The summed E-state index contributed by atoms with van der Waals surface area (Å²) in [5, 5.41) is 6.37. The molecule has 6 nitrogen and oxygen atoms in total. The largest absolute Gasteiger partial charge is 0.365 e. The third-order valence-corrected chi connectivity index (χ3v) is 6.53. The van der Waals surface area contributed by atoms with Gasteiger partial charge in [0.05, 0.1) is 12.2 Å². The van der Waals surface area contributed by atoms with Crippen LogP contribution in [0.2, 0.25) is 0 Å². The summed E-state index contributed by atoms with van der Waals surface area (Å²) in [6.07, 6.45) is 6.04. The highest BCUT2D eigenvalue weighted by atomic mass is 16.5. The van der Waals surface area contributed by atoms with Gasteiger partial charge in [-0.05, 0) is 69.6 Å². The van der Waals surface area contributed by atoms with Crippen LogP contribution in [0.15, 0.2) is 0 Å². The van der Waals surface area contributed by atoms with Crippen molar-refractivity contribution in [3.8, 4) is 0 Å². The number of amides is 2. The van der Waals surface area contributed by atoms with E-state index in [4.69, 9.17) is 9.47 Å². The molecule has 0 bridgehead atoms. The summed E-state index contributed by atoms with van der Waals surface area (Å²) in [6.45, 7) is 11.4. The summed E-state index contributed by atoms with van der Waals surface area (Å²) in [5.74, 6) is 0.0228. The first-order chi connectivity index (χ1) is 13.1. The van der Waals surface area contributed by atoms with E-state index in [-0.39, 0.29) is 53.1 Å². The monoisotopic (exact) mass is 394 g/mol. The molecule has 6 heteroatoms.